The van der Waals surface area contributed by atoms with Crippen molar-refractivity contribution in [3.8, 4) is 0 Å². The summed E-state index contributed by atoms with van der Waals surface area (Å²) in [7, 11) is 0. The summed E-state index contributed by atoms with van der Waals surface area (Å²) >= 11 is 0. The minimum Gasteiger partial charge on any atom is -0.436 e. The Labute approximate surface area is 54.7 Å². The topological polar surface area (TPSA) is 26.0 Å². The Morgan fingerprint density at radius 2 is 2.10 bits per heavy atom. The van der Waals surface area contributed by atoms with E-state index in [9.17, 15) is 13.2 Å². The summed E-state index contributed by atoms with van der Waals surface area (Å²) in [4.78, 5) is 3.17. The fourth-order valence-electron chi connectivity index (χ4n) is 0.444. The van der Waals surface area contributed by atoms with Crippen molar-refractivity contribution in [2.45, 2.75) is 13.1 Å². The van der Waals surface area contributed by atoms with E-state index in [1.807, 2.05) is 0 Å². The molecule has 1 aromatic heterocycles. The van der Waals surface area contributed by atoms with Gasteiger partial charge < -0.3 is 4.42 Å². The Hall–Kier alpha value is -1.00. The molecular formula is C5H3F3NO. The van der Waals surface area contributed by atoms with Crippen molar-refractivity contribution in [2.24, 2.45) is 0 Å². The van der Waals surface area contributed by atoms with Crippen molar-refractivity contribution in [3.05, 3.63) is 17.8 Å². The maximum absolute atomic E-state index is 11.6. The van der Waals surface area contributed by atoms with Gasteiger partial charge in [-0.25, -0.2) is 4.98 Å². The minimum absolute atomic E-state index is 0.0349. The zero-order valence-corrected chi connectivity index (χ0v) is 4.99. The quantitative estimate of drug-likeness (QED) is 0.563. The van der Waals surface area contributed by atoms with Crippen LogP contribution in [0.4, 0.5) is 13.2 Å². The fraction of sp³-hybridized carbons (Fsp3) is 0.400. The number of hydrogen-bond acceptors (Lipinski definition) is 2. The summed E-state index contributed by atoms with van der Waals surface area (Å²) in [6, 6.07) is 0. The van der Waals surface area contributed by atoms with E-state index in [-0.39, 0.29) is 5.89 Å². The molecule has 0 amide bonds. The van der Waals surface area contributed by atoms with Crippen molar-refractivity contribution in [3.63, 3.8) is 0 Å². The van der Waals surface area contributed by atoms with Gasteiger partial charge in [-0.2, -0.15) is 13.2 Å². The average molecular weight is 150 g/mol. The molecule has 0 aliphatic rings. The van der Waals surface area contributed by atoms with Gasteiger partial charge in [-0.1, -0.05) is 0 Å². The number of oxazole rings is 1. The van der Waals surface area contributed by atoms with E-state index in [0.717, 1.165) is 0 Å². The van der Waals surface area contributed by atoms with Crippen LogP contribution in [0.5, 0.6) is 0 Å². The molecule has 2 nitrogen and oxygen atoms in total. The second-order valence-corrected chi connectivity index (χ2v) is 1.67. The molecule has 1 rings (SSSR count). The summed E-state index contributed by atoms with van der Waals surface area (Å²) in [5, 5.41) is 0. The number of aromatic nitrogens is 1. The van der Waals surface area contributed by atoms with E-state index in [1.165, 1.54) is 6.92 Å². The zero-order chi connectivity index (χ0) is 7.78. The molecule has 1 heterocycles. The first-order valence-corrected chi connectivity index (χ1v) is 2.42. The molecular weight excluding hydrogens is 147 g/mol. The highest BCUT2D eigenvalue weighted by atomic mass is 19.4. The third kappa shape index (κ3) is 1.29. The minimum atomic E-state index is -4.47. The molecule has 0 aliphatic heterocycles. The van der Waals surface area contributed by atoms with Crippen LogP contribution in [0.15, 0.2) is 4.42 Å². The molecule has 0 N–H and O–H groups in total. The second kappa shape index (κ2) is 2.00. The van der Waals surface area contributed by atoms with Crippen LogP contribution in [0.2, 0.25) is 0 Å². The van der Waals surface area contributed by atoms with Gasteiger partial charge in [0.2, 0.25) is 5.76 Å². The van der Waals surface area contributed by atoms with Crippen LogP contribution in [0.1, 0.15) is 11.7 Å². The van der Waals surface area contributed by atoms with E-state index in [1.54, 1.807) is 6.20 Å². The average Bonchev–Trinajstić information content (AvgIpc) is 2.11. The Balaban J connectivity index is 2.96. The summed E-state index contributed by atoms with van der Waals surface area (Å²) in [6.45, 7) is 1.33. The van der Waals surface area contributed by atoms with Gasteiger partial charge in [0.05, 0.1) is 0 Å². The van der Waals surface area contributed by atoms with Crippen molar-refractivity contribution < 1.29 is 17.6 Å². The van der Waals surface area contributed by atoms with Gasteiger partial charge in [-0.3, -0.25) is 0 Å². The van der Waals surface area contributed by atoms with E-state index in [0.29, 0.717) is 0 Å². The van der Waals surface area contributed by atoms with Gasteiger partial charge in [-0.05, 0) is 0 Å². The first kappa shape index (κ1) is 7.11. The van der Waals surface area contributed by atoms with Crippen LogP contribution >= 0.6 is 0 Å². The third-order valence-electron chi connectivity index (χ3n) is 0.822. The van der Waals surface area contributed by atoms with Gasteiger partial charge in [0.15, 0.2) is 5.89 Å². The highest BCUT2D eigenvalue weighted by molar-refractivity contribution is 4.94. The van der Waals surface area contributed by atoms with E-state index < -0.39 is 11.9 Å². The zero-order valence-electron chi connectivity index (χ0n) is 4.99. The molecule has 5 heteroatoms. The summed E-state index contributed by atoms with van der Waals surface area (Å²) < 4.78 is 39.1. The Morgan fingerprint density at radius 1 is 1.50 bits per heavy atom. The number of hydrogen-bond donors (Lipinski definition) is 0. The van der Waals surface area contributed by atoms with Crippen molar-refractivity contribution in [1.29, 1.82) is 0 Å². The van der Waals surface area contributed by atoms with Gasteiger partial charge in [0.1, 0.15) is 6.20 Å². The highest BCUT2D eigenvalue weighted by Crippen LogP contribution is 2.28. The predicted octanol–water partition coefficient (Wildman–Crippen LogP) is 1.80. The number of nitrogens with zero attached hydrogens (tertiary/aromatic N) is 1. The molecule has 10 heavy (non-hydrogen) atoms. The molecule has 0 unspecified atom stereocenters. The smallest absolute Gasteiger partial charge is 0.436 e. The van der Waals surface area contributed by atoms with Gasteiger partial charge in [0, 0.05) is 6.92 Å². The normalized spacial score (nSPS) is 12.0. The lowest BCUT2D eigenvalue weighted by molar-refractivity contribution is -0.153. The summed E-state index contributed by atoms with van der Waals surface area (Å²) in [6.07, 6.45) is -2.77. The Bertz CT molecular complexity index is 227. The molecule has 0 fully saturated rings. The molecule has 0 bridgehead atoms. The third-order valence-corrected chi connectivity index (χ3v) is 0.822. The van der Waals surface area contributed by atoms with Crippen molar-refractivity contribution in [2.75, 3.05) is 0 Å². The molecule has 0 aromatic carbocycles. The lowest BCUT2D eigenvalue weighted by Crippen LogP contribution is -2.02. The molecule has 0 atom stereocenters. The predicted molar refractivity (Wildman–Crippen MR) is 25.1 cm³/mol. The first-order valence-electron chi connectivity index (χ1n) is 2.42. The van der Waals surface area contributed by atoms with E-state index in [2.05, 4.69) is 9.40 Å². The molecule has 0 saturated heterocycles. The maximum atomic E-state index is 11.6. The van der Waals surface area contributed by atoms with Gasteiger partial charge >= 0.3 is 6.18 Å². The lowest BCUT2D eigenvalue weighted by atomic mass is 10.5. The van der Waals surface area contributed by atoms with Gasteiger partial charge in [-0.15, -0.1) is 0 Å². The van der Waals surface area contributed by atoms with Crippen LogP contribution < -0.4 is 0 Å². The molecule has 0 spiro atoms. The van der Waals surface area contributed by atoms with Crippen LogP contribution in [-0.4, -0.2) is 4.98 Å². The van der Waals surface area contributed by atoms with Gasteiger partial charge in [0.25, 0.3) is 0 Å². The molecule has 1 radical (unpaired) electrons. The fourth-order valence-corrected chi connectivity index (χ4v) is 0.444. The number of halogens is 3. The number of rotatable bonds is 0. The Morgan fingerprint density at radius 3 is 2.30 bits per heavy atom. The number of aryl methyl sites for hydroxylation is 1. The van der Waals surface area contributed by atoms with E-state index >= 15 is 0 Å². The van der Waals surface area contributed by atoms with Crippen LogP contribution in [-0.2, 0) is 6.18 Å². The van der Waals surface area contributed by atoms with Crippen LogP contribution in [0, 0.1) is 13.1 Å². The van der Waals surface area contributed by atoms with Crippen molar-refractivity contribution in [1.82, 2.24) is 4.98 Å². The number of alkyl halides is 3. The molecule has 0 saturated carbocycles. The second-order valence-electron chi connectivity index (χ2n) is 1.67. The Kier molecular flexibility index (Phi) is 1.42. The first-order chi connectivity index (χ1) is 4.50. The van der Waals surface area contributed by atoms with Crippen LogP contribution in [0.25, 0.3) is 0 Å². The largest absolute Gasteiger partial charge is 0.451 e. The standard InChI is InChI=1S/C5H3F3NO/c1-3-9-2-4(10-3)5(6,7)8/h1H3. The SMILES string of the molecule is Cc1n[c]c(C(F)(F)F)o1. The summed E-state index contributed by atoms with van der Waals surface area (Å²) in [5.41, 5.74) is 0. The van der Waals surface area contributed by atoms with Crippen LogP contribution in [0.3, 0.4) is 0 Å². The lowest BCUT2D eigenvalue weighted by Gasteiger charge is -1.97. The highest BCUT2D eigenvalue weighted by Gasteiger charge is 2.35. The molecule has 0 aliphatic carbocycles. The molecule has 55 valence electrons. The summed E-state index contributed by atoms with van der Waals surface area (Å²) in [5.74, 6) is -1.21. The van der Waals surface area contributed by atoms with Crippen molar-refractivity contribution >= 4 is 0 Å². The van der Waals surface area contributed by atoms with E-state index in [4.69, 9.17) is 0 Å². The molecule has 1 aromatic rings. The maximum Gasteiger partial charge on any atom is 0.451 e. The monoisotopic (exact) mass is 150 g/mol.